The molecule has 0 aliphatic rings. The molecule has 6 nitrogen and oxygen atoms in total. The summed E-state index contributed by atoms with van der Waals surface area (Å²) < 4.78 is 31.0. The topological polar surface area (TPSA) is 75.7 Å². The van der Waals surface area contributed by atoms with Crippen LogP contribution in [-0.4, -0.2) is 40.8 Å². The van der Waals surface area contributed by atoms with E-state index in [9.17, 15) is 13.2 Å². The number of ether oxygens (including phenoxy) is 1. The van der Waals surface area contributed by atoms with Crippen molar-refractivity contribution in [3.63, 3.8) is 0 Å². The molecule has 164 valence electrons. The second kappa shape index (κ2) is 10.5. The van der Waals surface area contributed by atoms with E-state index >= 15 is 0 Å². The standard InChI is InChI=1S/C23H32N2O4S/c1-17(2)20-11-9-19(10-12-20)7-6-14-24-23(26)16-25(30(5,27)28)21-15-18(3)8-13-22(21)29-4/h8-13,15,17H,6-7,14,16H2,1-5H3,(H,24,26). The molecule has 0 bridgehead atoms. The van der Waals surface area contributed by atoms with Gasteiger partial charge < -0.3 is 10.1 Å². The third-order valence-corrected chi connectivity index (χ3v) is 6.03. The Morgan fingerprint density at radius 1 is 1.13 bits per heavy atom. The van der Waals surface area contributed by atoms with Crippen LogP contribution in [0.4, 0.5) is 5.69 Å². The fraction of sp³-hybridized carbons (Fsp3) is 0.435. The number of hydrogen-bond donors (Lipinski definition) is 1. The molecule has 0 heterocycles. The van der Waals surface area contributed by atoms with Gasteiger partial charge in [-0.15, -0.1) is 0 Å². The van der Waals surface area contributed by atoms with Crippen LogP contribution in [0.3, 0.4) is 0 Å². The lowest BCUT2D eigenvalue weighted by Crippen LogP contribution is -2.40. The third-order valence-electron chi connectivity index (χ3n) is 4.90. The maximum absolute atomic E-state index is 12.4. The van der Waals surface area contributed by atoms with E-state index in [4.69, 9.17) is 4.74 Å². The largest absolute Gasteiger partial charge is 0.495 e. The van der Waals surface area contributed by atoms with Crippen LogP contribution in [0.25, 0.3) is 0 Å². The van der Waals surface area contributed by atoms with Crippen LogP contribution < -0.4 is 14.4 Å². The number of nitrogens with zero attached hydrogens (tertiary/aromatic N) is 1. The van der Waals surface area contributed by atoms with E-state index in [0.717, 1.165) is 29.0 Å². The van der Waals surface area contributed by atoms with Gasteiger partial charge in [0, 0.05) is 6.54 Å². The number of benzene rings is 2. The predicted octanol–water partition coefficient (Wildman–Crippen LogP) is 3.64. The molecular formula is C23H32N2O4S. The lowest BCUT2D eigenvalue weighted by Gasteiger charge is -2.24. The molecule has 0 atom stereocenters. The number of carbonyl (C=O) groups excluding carboxylic acids is 1. The van der Waals surface area contributed by atoms with Crippen LogP contribution in [0.5, 0.6) is 5.75 Å². The van der Waals surface area contributed by atoms with Crippen molar-refractivity contribution in [1.82, 2.24) is 5.32 Å². The molecule has 0 radical (unpaired) electrons. The monoisotopic (exact) mass is 432 g/mol. The number of amides is 1. The normalized spacial score (nSPS) is 11.4. The van der Waals surface area contributed by atoms with E-state index in [0.29, 0.717) is 23.9 Å². The van der Waals surface area contributed by atoms with Gasteiger partial charge in [-0.05, 0) is 54.5 Å². The molecule has 0 aliphatic carbocycles. The van der Waals surface area contributed by atoms with Crippen molar-refractivity contribution in [3.8, 4) is 5.75 Å². The SMILES string of the molecule is COc1ccc(C)cc1N(CC(=O)NCCCc1ccc(C(C)C)cc1)S(C)(=O)=O. The van der Waals surface area contributed by atoms with Crippen molar-refractivity contribution in [2.24, 2.45) is 0 Å². The smallest absolute Gasteiger partial charge is 0.240 e. The number of sulfonamides is 1. The van der Waals surface area contributed by atoms with E-state index in [1.807, 2.05) is 13.0 Å². The molecular weight excluding hydrogens is 400 g/mol. The maximum atomic E-state index is 12.4. The highest BCUT2D eigenvalue weighted by molar-refractivity contribution is 7.92. The lowest BCUT2D eigenvalue weighted by atomic mass is 10.0. The first kappa shape index (κ1) is 23.7. The fourth-order valence-corrected chi connectivity index (χ4v) is 4.00. The Labute approximate surface area is 180 Å². The summed E-state index contributed by atoms with van der Waals surface area (Å²) in [6.45, 7) is 6.37. The average Bonchev–Trinajstić information content (AvgIpc) is 2.69. The van der Waals surface area contributed by atoms with Gasteiger partial charge in [-0.2, -0.15) is 0 Å². The van der Waals surface area contributed by atoms with Crippen molar-refractivity contribution in [2.75, 3.05) is 30.8 Å². The summed E-state index contributed by atoms with van der Waals surface area (Å²) in [6, 6.07) is 13.7. The highest BCUT2D eigenvalue weighted by Gasteiger charge is 2.24. The van der Waals surface area contributed by atoms with E-state index in [-0.39, 0.29) is 12.5 Å². The van der Waals surface area contributed by atoms with Crippen molar-refractivity contribution >= 4 is 21.6 Å². The molecule has 1 amide bonds. The molecule has 2 aromatic carbocycles. The first-order valence-electron chi connectivity index (χ1n) is 10.1. The van der Waals surface area contributed by atoms with Crippen LogP contribution in [0.15, 0.2) is 42.5 Å². The number of rotatable bonds is 10. The van der Waals surface area contributed by atoms with Crippen molar-refractivity contribution in [2.45, 2.75) is 39.5 Å². The van der Waals surface area contributed by atoms with Gasteiger partial charge in [0.2, 0.25) is 15.9 Å². The molecule has 0 spiro atoms. The summed E-state index contributed by atoms with van der Waals surface area (Å²) in [5, 5.41) is 2.82. The molecule has 1 N–H and O–H groups in total. The molecule has 2 rings (SSSR count). The van der Waals surface area contributed by atoms with Gasteiger partial charge in [0.15, 0.2) is 0 Å². The zero-order valence-electron chi connectivity index (χ0n) is 18.4. The molecule has 0 aliphatic heterocycles. The summed E-state index contributed by atoms with van der Waals surface area (Å²) in [5.41, 5.74) is 3.76. The van der Waals surface area contributed by atoms with Crippen molar-refractivity contribution in [1.29, 1.82) is 0 Å². The zero-order valence-corrected chi connectivity index (χ0v) is 19.3. The number of aryl methyl sites for hydroxylation is 2. The molecule has 2 aromatic rings. The van der Waals surface area contributed by atoms with Crippen molar-refractivity contribution < 1.29 is 17.9 Å². The molecule has 7 heteroatoms. The van der Waals surface area contributed by atoms with E-state index < -0.39 is 10.0 Å². The van der Waals surface area contributed by atoms with Crippen LogP contribution in [0.2, 0.25) is 0 Å². The number of carbonyl (C=O) groups is 1. The molecule has 0 fully saturated rings. The number of anilines is 1. The quantitative estimate of drug-likeness (QED) is 0.582. The van der Waals surface area contributed by atoms with Crippen LogP contribution in [-0.2, 0) is 21.2 Å². The number of methoxy groups -OCH3 is 1. The third kappa shape index (κ3) is 6.76. The van der Waals surface area contributed by atoms with Crippen LogP contribution in [0, 0.1) is 6.92 Å². The summed E-state index contributed by atoms with van der Waals surface area (Å²) in [6.07, 6.45) is 2.71. The van der Waals surface area contributed by atoms with Gasteiger partial charge in [-0.1, -0.05) is 44.2 Å². The maximum Gasteiger partial charge on any atom is 0.240 e. The summed E-state index contributed by atoms with van der Waals surface area (Å²) in [7, 11) is -2.18. The Morgan fingerprint density at radius 3 is 2.37 bits per heavy atom. The van der Waals surface area contributed by atoms with Gasteiger partial charge in [-0.25, -0.2) is 8.42 Å². The summed E-state index contributed by atoms with van der Waals surface area (Å²) in [4.78, 5) is 12.4. The zero-order chi connectivity index (χ0) is 22.3. The summed E-state index contributed by atoms with van der Waals surface area (Å²) >= 11 is 0. The van der Waals surface area contributed by atoms with Gasteiger partial charge in [0.25, 0.3) is 0 Å². The Morgan fingerprint density at radius 2 is 1.80 bits per heavy atom. The van der Waals surface area contributed by atoms with Crippen molar-refractivity contribution in [3.05, 3.63) is 59.2 Å². The second-order valence-electron chi connectivity index (χ2n) is 7.79. The van der Waals surface area contributed by atoms with E-state index in [1.54, 1.807) is 12.1 Å². The lowest BCUT2D eigenvalue weighted by molar-refractivity contribution is -0.119. The molecule has 30 heavy (non-hydrogen) atoms. The van der Waals surface area contributed by atoms with E-state index in [2.05, 4.69) is 43.4 Å². The first-order valence-corrected chi connectivity index (χ1v) is 11.9. The van der Waals surface area contributed by atoms with E-state index in [1.165, 1.54) is 18.2 Å². The van der Waals surface area contributed by atoms with Gasteiger partial charge >= 0.3 is 0 Å². The Balaban J connectivity index is 1.95. The molecule has 0 saturated carbocycles. The van der Waals surface area contributed by atoms with Gasteiger partial charge in [0.05, 0.1) is 19.1 Å². The summed E-state index contributed by atoms with van der Waals surface area (Å²) in [5.74, 6) is 0.561. The average molecular weight is 433 g/mol. The minimum absolute atomic E-state index is 0.290. The highest BCUT2D eigenvalue weighted by atomic mass is 32.2. The van der Waals surface area contributed by atoms with Crippen LogP contribution >= 0.6 is 0 Å². The Bertz CT molecular complexity index is 954. The molecule has 0 saturated heterocycles. The second-order valence-corrected chi connectivity index (χ2v) is 9.70. The van der Waals surface area contributed by atoms with Gasteiger partial charge in [-0.3, -0.25) is 9.10 Å². The first-order chi connectivity index (χ1) is 14.1. The fourth-order valence-electron chi connectivity index (χ4n) is 3.15. The predicted molar refractivity (Wildman–Crippen MR) is 122 cm³/mol. The number of nitrogens with one attached hydrogen (secondary N) is 1. The van der Waals surface area contributed by atoms with Crippen LogP contribution in [0.1, 0.15) is 42.9 Å². The Kier molecular flexibility index (Phi) is 8.29. The minimum atomic E-state index is -3.65. The number of hydrogen-bond acceptors (Lipinski definition) is 4. The molecule has 0 aromatic heterocycles. The van der Waals surface area contributed by atoms with Gasteiger partial charge in [0.1, 0.15) is 12.3 Å². The molecule has 0 unspecified atom stereocenters. The minimum Gasteiger partial charge on any atom is -0.495 e. The Hall–Kier alpha value is -2.54. The highest BCUT2D eigenvalue weighted by Crippen LogP contribution is 2.30.